The Morgan fingerprint density at radius 2 is 1.96 bits per heavy atom. The maximum absolute atomic E-state index is 12.9. The maximum atomic E-state index is 12.9. The van der Waals surface area contributed by atoms with Gasteiger partial charge in [-0.25, -0.2) is 9.97 Å². The number of hydrogen-bond acceptors (Lipinski definition) is 5. The molecule has 1 aliphatic rings. The number of fused-ring (bicyclic) bond motifs is 2. The molecule has 0 unspecified atom stereocenters. The van der Waals surface area contributed by atoms with Crippen LogP contribution in [-0.4, -0.2) is 42.3 Å². The molecule has 1 amide bonds. The normalized spacial score (nSPS) is 13.6. The van der Waals surface area contributed by atoms with Crippen LogP contribution in [0.5, 0.6) is 0 Å². The number of nitrogens with zero attached hydrogens (tertiary/aromatic N) is 6. The number of benzene rings is 1. The van der Waals surface area contributed by atoms with Gasteiger partial charge in [0, 0.05) is 36.8 Å². The van der Waals surface area contributed by atoms with Crippen LogP contribution >= 0.6 is 0 Å². The van der Waals surface area contributed by atoms with Crippen LogP contribution in [0.2, 0.25) is 0 Å². The number of amides is 1. The van der Waals surface area contributed by atoms with Gasteiger partial charge in [0.15, 0.2) is 11.3 Å². The first kappa shape index (κ1) is 15.6. The fourth-order valence-electron chi connectivity index (χ4n) is 3.35. The average Bonchev–Trinajstić information content (AvgIpc) is 3.22. The van der Waals surface area contributed by atoms with Gasteiger partial charge in [0.25, 0.3) is 5.91 Å². The third-order valence-corrected chi connectivity index (χ3v) is 4.72. The summed E-state index contributed by atoms with van der Waals surface area (Å²) in [6.45, 7) is 1.12. The van der Waals surface area contributed by atoms with Crippen LogP contribution in [0.4, 0.5) is 0 Å². The first-order valence-corrected chi connectivity index (χ1v) is 8.78. The molecule has 0 saturated heterocycles. The van der Waals surface area contributed by atoms with Gasteiger partial charge in [0.05, 0.1) is 11.9 Å². The Morgan fingerprint density at radius 3 is 2.85 bits per heavy atom. The summed E-state index contributed by atoms with van der Waals surface area (Å²) in [7, 11) is 0. The summed E-state index contributed by atoms with van der Waals surface area (Å²) in [4.78, 5) is 25.1. The lowest BCUT2D eigenvalue weighted by Crippen LogP contribution is -2.36. The second-order valence-electron chi connectivity index (χ2n) is 6.48. The molecule has 7 nitrogen and oxygen atoms in total. The predicted molar refractivity (Wildman–Crippen MR) is 99.3 cm³/mol. The monoisotopic (exact) mass is 356 g/mol. The lowest BCUT2D eigenvalue weighted by Gasteiger charge is -2.27. The summed E-state index contributed by atoms with van der Waals surface area (Å²) in [6.07, 6.45) is 3.98. The fourth-order valence-corrected chi connectivity index (χ4v) is 3.35. The van der Waals surface area contributed by atoms with Crippen molar-refractivity contribution < 1.29 is 4.79 Å². The molecule has 7 heteroatoms. The third-order valence-electron chi connectivity index (χ3n) is 4.72. The molecule has 0 atom stereocenters. The van der Waals surface area contributed by atoms with E-state index in [0.29, 0.717) is 25.2 Å². The molecule has 4 aromatic rings. The number of carbonyl (C=O) groups is 1. The molecular formula is C20H16N6O. The number of pyridine rings is 2. The molecule has 0 N–H and O–H groups in total. The van der Waals surface area contributed by atoms with E-state index in [1.807, 2.05) is 42.5 Å². The maximum Gasteiger partial charge on any atom is 0.276 e. The van der Waals surface area contributed by atoms with E-state index in [0.717, 1.165) is 28.0 Å². The van der Waals surface area contributed by atoms with Gasteiger partial charge in [-0.15, -0.1) is 5.10 Å². The summed E-state index contributed by atoms with van der Waals surface area (Å²) in [5, 5.41) is 9.56. The second-order valence-corrected chi connectivity index (χ2v) is 6.48. The minimum absolute atomic E-state index is 0.117. The summed E-state index contributed by atoms with van der Waals surface area (Å²) in [5.74, 6) is -0.117. The molecule has 0 radical (unpaired) electrons. The van der Waals surface area contributed by atoms with Gasteiger partial charge < -0.3 is 4.90 Å². The number of carbonyl (C=O) groups excluding carboxylic acids is 1. The van der Waals surface area contributed by atoms with Crippen LogP contribution in [0.1, 0.15) is 21.7 Å². The Balaban J connectivity index is 1.41. The summed E-state index contributed by atoms with van der Waals surface area (Å²) in [6, 6.07) is 15.5. The molecule has 27 heavy (non-hydrogen) atoms. The van der Waals surface area contributed by atoms with Crippen molar-refractivity contribution in [3.63, 3.8) is 0 Å². The molecule has 132 valence electrons. The van der Waals surface area contributed by atoms with Gasteiger partial charge in [-0.2, -0.15) is 9.90 Å². The molecule has 4 heterocycles. The van der Waals surface area contributed by atoms with Crippen LogP contribution in [0, 0.1) is 0 Å². The van der Waals surface area contributed by atoms with Crippen LogP contribution in [-0.2, 0) is 13.0 Å². The zero-order valence-corrected chi connectivity index (χ0v) is 14.5. The van der Waals surface area contributed by atoms with Crippen molar-refractivity contribution in [2.24, 2.45) is 0 Å². The van der Waals surface area contributed by atoms with Gasteiger partial charge in [-0.05, 0) is 35.9 Å². The summed E-state index contributed by atoms with van der Waals surface area (Å²) < 4.78 is 0. The Labute approximate surface area is 155 Å². The van der Waals surface area contributed by atoms with Crippen molar-refractivity contribution in [3.05, 3.63) is 77.9 Å². The van der Waals surface area contributed by atoms with Crippen LogP contribution < -0.4 is 0 Å². The zero-order chi connectivity index (χ0) is 18.2. The predicted octanol–water partition coefficient (Wildman–Crippen LogP) is 2.41. The van der Waals surface area contributed by atoms with E-state index in [4.69, 9.17) is 0 Å². The van der Waals surface area contributed by atoms with Crippen LogP contribution in [0.3, 0.4) is 0 Å². The minimum atomic E-state index is -0.117. The lowest BCUT2D eigenvalue weighted by atomic mass is 10.0. The number of hydrogen-bond donors (Lipinski definition) is 0. The summed E-state index contributed by atoms with van der Waals surface area (Å²) in [5.41, 5.74) is 3.99. The first-order chi connectivity index (χ1) is 13.3. The highest BCUT2D eigenvalue weighted by molar-refractivity contribution is 5.92. The Bertz CT molecular complexity index is 1140. The molecule has 0 aliphatic carbocycles. The highest BCUT2D eigenvalue weighted by atomic mass is 16.2. The standard InChI is InChI=1S/C20H16N6O/c27-20(18-12-22-26(24-18)16-6-2-1-3-7-16)25-10-8-17-15(13-25)11-14-5-4-9-21-19(14)23-17/h1-7,9,11-12H,8,10,13H2. The molecule has 3 aromatic heterocycles. The van der Waals surface area contributed by atoms with Gasteiger partial charge in [-0.3, -0.25) is 4.79 Å². The highest BCUT2D eigenvalue weighted by Gasteiger charge is 2.25. The molecule has 5 rings (SSSR count). The van der Waals surface area contributed by atoms with Gasteiger partial charge in [0.1, 0.15) is 0 Å². The molecule has 0 fully saturated rings. The molecule has 0 spiro atoms. The second kappa shape index (κ2) is 6.28. The van der Waals surface area contributed by atoms with E-state index in [2.05, 4.69) is 26.2 Å². The van der Waals surface area contributed by atoms with Crippen molar-refractivity contribution in [1.82, 2.24) is 29.9 Å². The quantitative estimate of drug-likeness (QED) is 0.551. The Morgan fingerprint density at radius 1 is 1.07 bits per heavy atom. The van der Waals surface area contributed by atoms with Crippen molar-refractivity contribution in [3.8, 4) is 5.69 Å². The van der Waals surface area contributed by atoms with Crippen molar-refractivity contribution in [2.45, 2.75) is 13.0 Å². The van der Waals surface area contributed by atoms with E-state index in [9.17, 15) is 4.79 Å². The van der Waals surface area contributed by atoms with Gasteiger partial charge >= 0.3 is 0 Å². The topological polar surface area (TPSA) is 76.8 Å². The van der Waals surface area contributed by atoms with Crippen molar-refractivity contribution in [1.29, 1.82) is 0 Å². The molecule has 1 aromatic carbocycles. The Kier molecular flexibility index (Phi) is 3.64. The highest BCUT2D eigenvalue weighted by Crippen LogP contribution is 2.22. The average molecular weight is 356 g/mol. The first-order valence-electron chi connectivity index (χ1n) is 8.78. The number of aromatic nitrogens is 5. The largest absolute Gasteiger partial charge is 0.332 e. The van der Waals surface area contributed by atoms with Crippen LogP contribution in [0.15, 0.2) is 60.9 Å². The van der Waals surface area contributed by atoms with Crippen LogP contribution in [0.25, 0.3) is 16.7 Å². The van der Waals surface area contributed by atoms with E-state index < -0.39 is 0 Å². The molecule has 1 aliphatic heterocycles. The smallest absolute Gasteiger partial charge is 0.276 e. The zero-order valence-electron chi connectivity index (χ0n) is 14.5. The van der Waals surface area contributed by atoms with Crippen molar-refractivity contribution in [2.75, 3.05) is 6.54 Å². The van der Waals surface area contributed by atoms with E-state index in [1.54, 1.807) is 11.1 Å². The van der Waals surface area contributed by atoms with E-state index >= 15 is 0 Å². The lowest BCUT2D eigenvalue weighted by molar-refractivity contribution is 0.0727. The molecular weight excluding hydrogens is 340 g/mol. The van der Waals surface area contributed by atoms with Gasteiger partial charge in [-0.1, -0.05) is 18.2 Å². The van der Waals surface area contributed by atoms with Crippen molar-refractivity contribution >= 4 is 16.9 Å². The number of para-hydroxylation sites is 1. The summed E-state index contributed by atoms with van der Waals surface area (Å²) >= 11 is 0. The fraction of sp³-hybridized carbons (Fsp3) is 0.150. The van der Waals surface area contributed by atoms with E-state index in [1.165, 1.54) is 11.0 Å². The SMILES string of the molecule is O=C(c1cnn(-c2ccccc2)n1)N1CCc2nc3ncccc3cc2C1. The number of rotatable bonds is 2. The third kappa shape index (κ3) is 2.83. The molecule has 0 bridgehead atoms. The Hall–Kier alpha value is -3.61. The molecule has 0 saturated carbocycles. The van der Waals surface area contributed by atoms with E-state index in [-0.39, 0.29) is 5.91 Å². The minimum Gasteiger partial charge on any atom is -0.332 e. The van der Waals surface area contributed by atoms with Gasteiger partial charge in [0.2, 0.25) is 0 Å².